The molecule has 0 radical (unpaired) electrons. The van der Waals surface area contributed by atoms with Gasteiger partial charge in [0, 0.05) is 12.0 Å². The number of hydrogen-bond donors (Lipinski definition) is 0. The predicted molar refractivity (Wildman–Crippen MR) is 79.8 cm³/mol. The Balaban J connectivity index is 2.31. The molecule has 0 aliphatic heterocycles. The maximum Gasteiger partial charge on any atom is 0.167 e. The topological polar surface area (TPSA) is 17.1 Å². The maximum atomic E-state index is 13.3. The Morgan fingerprint density at radius 3 is 2.05 bits per heavy atom. The molecule has 0 amide bonds. The highest BCUT2D eigenvalue weighted by Crippen LogP contribution is 2.19. The standard InChI is InChI=1S/C18H19FO/c1-11-5-6-15(7-12(11)2)10-17(20)18-13(3)8-16(19)9-14(18)4/h5-9H,10H2,1-4H3. The van der Waals surface area contributed by atoms with Gasteiger partial charge in [-0.15, -0.1) is 0 Å². The van der Waals surface area contributed by atoms with Crippen LogP contribution in [0.5, 0.6) is 0 Å². The van der Waals surface area contributed by atoms with Crippen molar-refractivity contribution in [3.05, 3.63) is 69.5 Å². The van der Waals surface area contributed by atoms with Crippen LogP contribution in [0.15, 0.2) is 30.3 Å². The van der Waals surface area contributed by atoms with Crippen LogP contribution in [0.1, 0.15) is 38.2 Å². The van der Waals surface area contributed by atoms with Gasteiger partial charge >= 0.3 is 0 Å². The highest BCUT2D eigenvalue weighted by Gasteiger charge is 2.14. The molecule has 1 nitrogen and oxygen atoms in total. The molecule has 0 aliphatic rings. The molecule has 0 spiro atoms. The highest BCUT2D eigenvalue weighted by atomic mass is 19.1. The molecule has 20 heavy (non-hydrogen) atoms. The van der Waals surface area contributed by atoms with Crippen LogP contribution in [-0.2, 0) is 6.42 Å². The Bertz CT molecular complexity index is 648. The molecule has 2 rings (SSSR count). The third-order valence-electron chi connectivity index (χ3n) is 3.71. The van der Waals surface area contributed by atoms with E-state index in [0.29, 0.717) is 23.1 Å². The van der Waals surface area contributed by atoms with Gasteiger partial charge in [0.05, 0.1) is 0 Å². The van der Waals surface area contributed by atoms with E-state index in [0.717, 1.165) is 5.56 Å². The Labute approximate surface area is 119 Å². The third kappa shape index (κ3) is 2.96. The number of rotatable bonds is 3. The van der Waals surface area contributed by atoms with Crippen molar-refractivity contribution in [2.24, 2.45) is 0 Å². The summed E-state index contributed by atoms with van der Waals surface area (Å²) in [6.45, 7) is 7.65. The lowest BCUT2D eigenvalue weighted by atomic mass is 9.94. The molecule has 0 fully saturated rings. The minimum absolute atomic E-state index is 0.0447. The first-order valence-electron chi connectivity index (χ1n) is 6.74. The molecule has 0 aliphatic carbocycles. The van der Waals surface area contributed by atoms with Crippen molar-refractivity contribution >= 4 is 5.78 Å². The zero-order valence-corrected chi connectivity index (χ0v) is 12.4. The molecule has 2 aromatic rings. The van der Waals surface area contributed by atoms with Gasteiger partial charge in [-0.2, -0.15) is 0 Å². The lowest BCUT2D eigenvalue weighted by Crippen LogP contribution is -2.09. The molecule has 0 aromatic heterocycles. The van der Waals surface area contributed by atoms with Crippen molar-refractivity contribution in [1.82, 2.24) is 0 Å². The first-order valence-corrected chi connectivity index (χ1v) is 6.74. The number of hydrogen-bond acceptors (Lipinski definition) is 1. The SMILES string of the molecule is Cc1ccc(CC(=O)c2c(C)cc(F)cc2C)cc1C. The minimum Gasteiger partial charge on any atom is -0.294 e. The number of aryl methyl sites for hydroxylation is 4. The quantitative estimate of drug-likeness (QED) is 0.751. The van der Waals surface area contributed by atoms with Gasteiger partial charge in [-0.05, 0) is 67.6 Å². The van der Waals surface area contributed by atoms with Crippen molar-refractivity contribution in [2.75, 3.05) is 0 Å². The molecule has 0 heterocycles. The molecule has 2 aromatic carbocycles. The second-order valence-electron chi connectivity index (χ2n) is 5.43. The summed E-state index contributed by atoms with van der Waals surface area (Å²) >= 11 is 0. The Morgan fingerprint density at radius 2 is 1.50 bits per heavy atom. The number of carbonyl (C=O) groups is 1. The summed E-state index contributed by atoms with van der Waals surface area (Å²) in [6, 6.07) is 8.89. The summed E-state index contributed by atoms with van der Waals surface area (Å²) in [5, 5.41) is 0. The molecule has 104 valence electrons. The van der Waals surface area contributed by atoms with Crippen molar-refractivity contribution in [1.29, 1.82) is 0 Å². The molecule has 0 saturated carbocycles. The second kappa shape index (κ2) is 5.58. The zero-order chi connectivity index (χ0) is 14.9. The monoisotopic (exact) mass is 270 g/mol. The lowest BCUT2D eigenvalue weighted by molar-refractivity contribution is 0.0992. The van der Waals surface area contributed by atoms with Crippen LogP contribution in [0, 0.1) is 33.5 Å². The van der Waals surface area contributed by atoms with E-state index in [9.17, 15) is 9.18 Å². The van der Waals surface area contributed by atoms with Gasteiger partial charge in [0.25, 0.3) is 0 Å². The summed E-state index contributed by atoms with van der Waals surface area (Å²) < 4.78 is 13.3. The van der Waals surface area contributed by atoms with Crippen molar-refractivity contribution in [3.8, 4) is 0 Å². The van der Waals surface area contributed by atoms with E-state index in [1.165, 1.54) is 23.3 Å². The van der Waals surface area contributed by atoms with Gasteiger partial charge in [-0.1, -0.05) is 18.2 Å². The van der Waals surface area contributed by atoms with Crippen LogP contribution >= 0.6 is 0 Å². The summed E-state index contributed by atoms with van der Waals surface area (Å²) in [7, 11) is 0. The number of carbonyl (C=O) groups excluding carboxylic acids is 1. The number of ketones is 1. The van der Waals surface area contributed by atoms with E-state index in [2.05, 4.69) is 6.92 Å². The van der Waals surface area contributed by atoms with Gasteiger partial charge in [0.2, 0.25) is 0 Å². The smallest absolute Gasteiger partial charge is 0.167 e. The molecule has 0 unspecified atom stereocenters. The summed E-state index contributed by atoms with van der Waals surface area (Å²) in [4.78, 5) is 12.4. The van der Waals surface area contributed by atoms with Crippen LogP contribution in [0.2, 0.25) is 0 Å². The fraction of sp³-hybridized carbons (Fsp3) is 0.278. The Hall–Kier alpha value is -1.96. The van der Waals surface area contributed by atoms with Crippen LogP contribution in [0.3, 0.4) is 0 Å². The van der Waals surface area contributed by atoms with Crippen LogP contribution < -0.4 is 0 Å². The number of benzene rings is 2. The molecule has 0 atom stereocenters. The molecular weight excluding hydrogens is 251 g/mol. The molecule has 0 N–H and O–H groups in total. The lowest BCUT2D eigenvalue weighted by Gasteiger charge is -2.10. The molecule has 0 saturated heterocycles. The fourth-order valence-corrected chi connectivity index (χ4v) is 2.54. The Morgan fingerprint density at radius 1 is 0.900 bits per heavy atom. The summed E-state index contributed by atoms with van der Waals surface area (Å²) in [6.07, 6.45) is 0.356. The van der Waals surface area contributed by atoms with Crippen molar-refractivity contribution in [2.45, 2.75) is 34.1 Å². The van der Waals surface area contributed by atoms with E-state index in [4.69, 9.17) is 0 Å². The average molecular weight is 270 g/mol. The molecular formula is C18H19FO. The first-order chi connectivity index (χ1) is 9.38. The van der Waals surface area contributed by atoms with E-state index < -0.39 is 0 Å². The van der Waals surface area contributed by atoms with Gasteiger partial charge < -0.3 is 0 Å². The minimum atomic E-state index is -0.289. The van der Waals surface area contributed by atoms with Crippen LogP contribution in [-0.4, -0.2) is 5.78 Å². The van der Waals surface area contributed by atoms with Gasteiger partial charge in [-0.3, -0.25) is 4.79 Å². The largest absolute Gasteiger partial charge is 0.294 e. The third-order valence-corrected chi connectivity index (χ3v) is 3.71. The van der Waals surface area contributed by atoms with E-state index in [1.807, 2.05) is 25.1 Å². The fourth-order valence-electron chi connectivity index (χ4n) is 2.54. The normalized spacial score (nSPS) is 10.7. The van der Waals surface area contributed by atoms with Crippen LogP contribution in [0.25, 0.3) is 0 Å². The summed E-state index contributed by atoms with van der Waals surface area (Å²) in [5.74, 6) is -0.244. The van der Waals surface area contributed by atoms with E-state index >= 15 is 0 Å². The van der Waals surface area contributed by atoms with Crippen LogP contribution in [0.4, 0.5) is 4.39 Å². The van der Waals surface area contributed by atoms with Gasteiger partial charge in [0.1, 0.15) is 5.82 Å². The van der Waals surface area contributed by atoms with Crippen molar-refractivity contribution < 1.29 is 9.18 Å². The zero-order valence-electron chi connectivity index (χ0n) is 12.4. The average Bonchev–Trinajstić information content (AvgIpc) is 2.32. The second-order valence-corrected chi connectivity index (χ2v) is 5.43. The first kappa shape index (κ1) is 14.4. The molecule has 2 heteroatoms. The summed E-state index contributed by atoms with van der Waals surface area (Å²) in [5.41, 5.74) is 5.46. The number of Topliss-reactive ketones (excluding diaryl/α,β-unsaturated/α-hetero) is 1. The van der Waals surface area contributed by atoms with E-state index in [-0.39, 0.29) is 11.6 Å². The highest BCUT2D eigenvalue weighted by molar-refractivity contribution is 6.00. The van der Waals surface area contributed by atoms with Gasteiger partial charge in [0.15, 0.2) is 5.78 Å². The van der Waals surface area contributed by atoms with E-state index in [1.54, 1.807) is 13.8 Å². The maximum absolute atomic E-state index is 13.3. The predicted octanol–water partition coefficient (Wildman–Crippen LogP) is 4.48. The number of halogens is 1. The van der Waals surface area contributed by atoms with Gasteiger partial charge in [-0.25, -0.2) is 4.39 Å². The Kier molecular flexibility index (Phi) is 4.03. The van der Waals surface area contributed by atoms with Crippen molar-refractivity contribution in [3.63, 3.8) is 0 Å². The molecule has 0 bridgehead atoms.